The maximum atomic E-state index is 12.4. The van der Waals surface area contributed by atoms with Gasteiger partial charge in [-0.1, -0.05) is 35.4 Å². The number of carbonyl (C=O) groups excluding carboxylic acids is 1. The summed E-state index contributed by atoms with van der Waals surface area (Å²) in [5.74, 6) is -0.294. The Morgan fingerprint density at radius 3 is 2.85 bits per heavy atom. The van der Waals surface area contributed by atoms with Gasteiger partial charge < -0.3 is 9.73 Å². The molecule has 4 rings (SSSR count). The van der Waals surface area contributed by atoms with E-state index in [2.05, 4.69) is 10.4 Å². The number of halogens is 1. The minimum Gasteiger partial charge on any atom is -0.422 e. The summed E-state index contributed by atoms with van der Waals surface area (Å²) in [4.78, 5) is 24.6. The largest absolute Gasteiger partial charge is 0.422 e. The molecule has 0 radical (unpaired) electrons. The van der Waals surface area contributed by atoms with Crippen LogP contribution in [0.25, 0.3) is 21.9 Å². The lowest BCUT2D eigenvalue weighted by molar-refractivity contribution is -0.116. The second kappa shape index (κ2) is 6.31. The fourth-order valence-corrected chi connectivity index (χ4v) is 3.08. The van der Waals surface area contributed by atoms with Crippen LogP contribution in [0.15, 0.2) is 57.9 Å². The highest BCUT2D eigenvalue weighted by Crippen LogP contribution is 2.24. The van der Waals surface area contributed by atoms with E-state index in [-0.39, 0.29) is 12.5 Å². The number of para-hydroxylation sites is 1. The van der Waals surface area contributed by atoms with Crippen molar-refractivity contribution in [2.24, 2.45) is 0 Å². The van der Waals surface area contributed by atoms with Crippen molar-refractivity contribution < 1.29 is 9.21 Å². The number of benzene rings is 2. The number of nitrogens with zero attached hydrogens (tertiary/aromatic N) is 2. The second-order valence-corrected chi connectivity index (χ2v) is 6.39. The Hall–Kier alpha value is -3.12. The van der Waals surface area contributed by atoms with Crippen molar-refractivity contribution >= 4 is 45.1 Å². The monoisotopic (exact) mass is 367 g/mol. The average Bonchev–Trinajstić information content (AvgIpc) is 3.02. The number of anilines is 1. The Kier molecular flexibility index (Phi) is 3.97. The number of aromatic nitrogens is 2. The molecule has 2 aromatic carbocycles. The van der Waals surface area contributed by atoms with Crippen LogP contribution in [0.5, 0.6) is 0 Å². The van der Waals surface area contributed by atoms with Crippen LogP contribution in [0.2, 0.25) is 5.02 Å². The minimum atomic E-state index is -0.478. The summed E-state index contributed by atoms with van der Waals surface area (Å²) >= 11 is 6.07. The predicted octanol–water partition coefficient (Wildman–Crippen LogP) is 3.74. The summed E-state index contributed by atoms with van der Waals surface area (Å²) in [7, 11) is 0. The van der Waals surface area contributed by atoms with Gasteiger partial charge in [0.15, 0.2) is 0 Å². The van der Waals surface area contributed by atoms with Crippen LogP contribution < -0.4 is 10.9 Å². The normalized spacial score (nSPS) is 11.2. The molecule has 130 valence electrons. The van der Waals surface area contributed by atoms with Gasteiger partial charge in [-0.25, -0.2) is 4.79 Å². The van der Waals surface area contributed by atoms with Crippen LogP contribution in [0, 0.1) is 6.92 Å². The van der Waals surface area contributed by atoms with Crippen molar-refractivity contribution in [3.8, 4) is 0 Å². The van der Waals surface area contributed by atoms with E-state index in [0.29, 0.717) is 27.2 Å². The first kappa shape index (κ1) is 16.4. The number of hydrogen-bond donors (Lipinski definition) is 1. The third kappa shape index (κ3) is 2.84. The Bertz CT molecular complexity index is 1210. The van der Waals surface area contributed by atoms with Gasteiger partial charge in [-0.15, -0.1) is 0 Å². The number of hydrogen-bond acceptors (Lipinski definition) is 4. The molecule has 0 saturated heterocycles. The molecule has 1 N–H and O–H groups in total. The molecule has 0 saturated carbocycles. The molecule has 2 heterocycles. The Morgan fingerprint density at radius 1 is 1.23 bits per heavy atom. The molecule has 2 aromatic heterocycles. The fourth-order valence-electron chi connectivity index (χ4n) is 2.90. The molecule has 7 heteroatoms. The van der Waals surface area contributed by atoms with Crippen molar-refractivity contribution in [1.82, 2.24) is 9.78 Å². The van der Waals surface area contributed by atoms with E-state index >= 15 is 0 Å². The van der Waals surface area contributed by atoms with E-state index in [9.17, 15) is 9.59 Å². The number of rotatable bonds is 3. The van der Waals surface area contributed by atoms with Gasteiger partial charge in [0, 0.05) is 5.39 Å². The van der Waals surface area contributed by atoms with Crippen LogP contribution in [0.4, 0.5) is 5.69 Å². The Labute approximate surface area is 153 Å². The lowest BCUT2D eigenvalue weighted by atomic mass is 10.1. The molecule has 0 spiro atoms. The number of nitrogens with one attached hydrogen (secondary N) is 1. The number of fused-ring (bicyclic) bond motifs is 3. The van der Waals surface area contributed by atoms with Gasteiger partial charge in [0.25, 0.3) is 0 Å². The lowest BCUT2D eigenvalue weighted by Crippen LogP contribution is -2.19. The van der Waals surface area contributed by atoms with Crippen LogP contribution in [-0.4, -0.2) is 15.7 Å². The zero-order valence-corrected chi connectivity index (χ0v) is 14.6. The van der Waals surface area contributed by atoms with Gasteiger partial charge in [-0.3, -0.25) is 9.48 Å². The average molecular weight is 368 g/mol. The van der Waals surface area contributed by atoms with Crippen LogP contribution >= 0.6 is 11.6 Å². The molecule has 0 aliphatic heterocycles. The number of aryl methyl sites for hydroxylation is 1. The number of carbonyl (C=O) groups is 1. The molecule has 0 bridgehead atoms. The van der Waals surface area contributed by atoms with E-state index in [0.717, 1.165) is 10.9 Å². The van der Waals surface area contributed by atoms with Crippen LogP contribution in [0.3, 0.4) is 0 Å². The third-order valence-electron chi connectivity index (χ3n) is 4.09. The summed E-state index contributed by atoms with van der Waals surface area (Å²) in [6, 6.07) is 12.5. The van der Waals surface area contributed by atoms with Gasteiger partial charge in [-0.2, -0.15) is 5.10 Å². The topological polar surface area (TPSA) is 77.1 Å². The molecule has 6 nitrogen and oxygen atoms in total. The van der Waals surface area contributed by atoms with E-state index in [1.807, 2.05) is 19.1 Å². The molecular weight excluding hydrogens is 354 g/mol. The Morgan fingerprint density at radius 2 is 2.04 bits per heavy atom. The zero-order valence-electron chi connectivity index (χ0n) is 13.8. The number of amides is 1. The highest BCUT2D eigenvalue weighted by atomic mass is 35.5. The van der Waals surface area contributed by atoms with Crippen molar-refractivity contribution in [2.45, 2.75) is 13.5 Å². The van der Waals surface area contributed by atoms with Crippen molar-refractivity contribution in [3.63, 3.8) is 0 Å². The zero-order chi connectivity index (χ0) is 18.3. The molecule has 0 aliphatic carbocycles. The molecule has 0 fully saturated rings. The van der Waals surface area contributed by atoms with Gasteiger partial charge >= 0.3 is 5.63 Å². The standard InChI is InChI=1S/C19H14ClN3O3/c1-11-6-7-16-12(8-11)18-13(19(25)26-16)9-21-23(18)10-17(24)22-15-5-3-2-4-14(15)20/h2-9H,10H2,1H3,(H,22,24). The SMILES string of the molecule is Cc1ccc2oc(=O)c3cnn(CC(=O)Nc4ccccc4Cl)c3c2c1. The molecule has 0 atom stereocenters. The maximum absolute atomic E-state index is 12.4. The first-order valence-corrected chi connectivity index (χ1v) is 8.34. The summed E-state index contributed by atoms with van der Waals surface area (Å²) in [5, 5.41) is 8.49. The van der Waals surface area contributed by atoms with Crippen molar-refractivity contribution in [2.75, 3.05) is 5.32 Å². The molecular formula is C19H14ClN3O3. The predicted molar refractivity (Wildman–Crippen MR) is 101 cm³/mol. The highest BCUT2D eigenvalue weighted by molar-refractivity contribution is 6.33. The molecule has 0 aliphatic rings. The van der Waals surface area contributed by atoms with Crippen molar-refractivity contribution in [1.29, 1.82) is 0 Å². The first-order valence-electron chi connectivity index (χ1n) is 7.96. The highest BCUT2D eigenvalue weighted by Gasteiger charge is 2.15. The molecule has 4 aromatic rings. The van der Waals surface area contributed by atoms with E-state index in [4.69, 9.17) is 16.0 Å². The third-order valence-corrected chi connectivity index (χ3v) is 4.42. The van der Waals surface area contributed by atoms with E-state index in [1.165, 1.54) is 10.9 Å². The summed E-state index contributed by atoms with van der Waals surface area (Å²) in [5.41, 5.74) is 2.10. The van der Waals surface area contributed by atoms with Gasteiger partial charge in [0.2, 0.25) is 5.91 Å². The molecule has 0 unspecified atom stereocenters. The summed E-state index contributed by atoms with van der Waals surface area (Å²) < 4.78 is 6.83. The first-order chi connectivity index (χ1) is 12.5. The summed E-state index contributed by atoms with van der Waals surface area (Å²) in [6.07, 6.45) is 1.42. The smallest absolute Gasteiger partial charge is 0.347 e. The molecule has 26 heavy (non-hydrogen) atoms. The van der Waals surface area contributed by atoms with Crippen LogP contribution in [0.1, 0.15) is 5.56 Å². The molecule has 1 amide bonds. The quantitative estimate of drug-likeness (QED) is 0.559. The minimum absolute atomic E-state index is 0.0543. The lowest BCUT2D eigenvalue weighted by Gasteiger charge is -2.09. The van der Waals surface area contributed by atoms with Gasteiger partial charge in [0.1, 0.15) is 17.5 Å². The second-order valence-electron chi connectivity index (χ2n) is 5.98. The van der Waals surface area contributed by atoms with Gasteiger partial charge in [-0.05, 0) is 31.2 Å². The van der Waals surface area contributed by atoms with Crippen LogP contribution in [-0.2, 0) is 11.3 Å². The fraction of sp³-hybridized carbons (Fsp3) is 0.105. The Balaban J connectivity index is 1.76. The maximum Gasteiger partial charge on any atom is 0.347 e. The van der Waals surface area contributed by atoms with Gasteiger partial charge in [0.05, 0.1) is 22.4 Å². The van der Waals surface area contributed by atoms with E-state index in [1.54, 1.807) is 30.3 Å². The van der Waals surface area contributed by atoms with E-state index < -0.39 is 5.63 Å². The summed E-state index contributed by atoms with van der Waals surface area (Å²) in [6.45, 7) is 1.89. The van der Waals surface area contributed by atoms with Crippen molar-refractivity contribution in [3.05, 3.63) is 69.7 Å².